The van der Waals surface area contributed by atoms with E-state index in [0.29, 0.717) is 11.3 Å². The molecule has 6 heteroatoms. The van der Waals surface area contributed by atoms with Gasteiger partial charge in [0.15, 0.2) is 5.37 Å². The molecule has 1 fully saturated rings. The van der Waals surface area contributed by atoms with Gasteiger partial charge in [0.2, 0.25) is 0 Å². The Morgan fingerprint density at radius 3 is 2.79 bits per heavy atom. The van der Waals surface area contributed by atoms with E-state index in [4.69, 9.17) is 5.11 Å². The third-order valence-electron chi connectivity index (χ3n) is 2.19. The maximum atomic E-state index is 11.1. The highest BCUT2D eigenvalue weighted by Crippen LogP contribution is 2.37. The summed E-state index contributed by atoms with van der Waals surface area (Å²) in [5.41, 5.74) is 0.595. The number of β-lactam (4-membered cyclic amide) rings is 1. The lowest BCUT2D eigenvalue weighted by Crippen LogP contribution is -2.62. The lowest BCUT2D eigenvalue weighted by atomic mass is 10.1. The molecule has 0 aromatic rings. The molecule has 2 heterocycles. The van der Waals surface area contributed by atoms with E-state index >= 15 is 0 Å². The predicted molar refractivity (Wildman–Crippen MR) is 48.4 cm³/mol. The number of thioether (sulfide) groups is 1. The first-order chi connectivity index (χ1) is 6.54. The first-order valence-electron chi connectivity index (χ1n) is 3.96. The maximum Gasteiger partial charge on any atom is 0.352 e. The number of fused-ring (bicyclic) bond motifs is 1. The SMILES string of the molecule is CC1=C(C(=O)O)N2C(=O)C(=O)[C@@H]2SC1. The summed E-state index contributed by atoms with van der Waals surface area (Å²) in [7, 11) is 0. The van der Waals surface area contributed by atoms with Crippen LogP contribution in [0, 0.1) is 0 Å². The molecule has 0 aromatic carbocycles. The quantitative estimate of drug-likeness (QED) is 0.483. The van der Waals surface area contributed by atoms with Gasteiger partial charge in [-0.1, -0.05) is 0 Å². The summed E-state index contributed by atoms with van der Waals surface area (Å²) >= 11 is 1.29. The Kier molecular flexibility index (Phi) is 1.88. The second kappa shape index (κ2) is 2.84. The molecule has 0 radical (unpaired) electrons. The van der Waals surface area contributed by atoms with Gasteiger partial charge in [-0.15, -0.1) is 11.8 Å². The summed E-state index contributed by atoms with van der Waals surface area (Å²) < 4.78 is 0. The molecule has 74 valence electrons. The number of carboxylic acid groups (broad SMARTS) is 1. The highest BCUT2D eigenvalue weighted by molar-refractivity contribution is 8.01. The van der Waals surface area contributed by atoms with Gasteiger partial charge in [0, 0.05) is 5.75 Å². The van der Waals surface area contributed by atoms with Gasteiger partial charge in [-0.3, -0.25) is 14.5 Å². The highest BCUT2D eigenvalue weighted by atomic mass is 32.2. The average molecular weight is 213 g/mol. The van der Waals surface area contributed by atoms with Crippen molar-refractivity contribution in [3.63, 3.8) is 0 Å². The van der Waals surface area contributed by atoms with E-state index in [1.807, 2.05) is 0 Å². The van der Waals surface area contributed by atoms with Gasteiger partial charge in [0.05, 0.1) is 0 Å². The van der Waals surface area contributed by atoms with Crippen molar-refractivity contribution in [1.29, 1.82) is 0 Å². The second-order valence-corrected chi connectivity index (χ2v) is 4.21. The molecule has 14 heavy (non-hydrogen) atoms. The fraction of sp³-hybridized carbons (Fsp3) is 0.375. The van der Waals surface area contributed by atoms with E-state index in [9.17, 15) is 14.4 Å². The maximum absolute atomic E-state index is 11.1. The number of carbonyl (C=O) groups excluding carboxylic acids is 2. The summed E-state index contributed by atoms with van der Waals surface area (Å²) in [4.78, 5) is 34.1. The van der Waals surface area contributed by atoms with Crippen molar-refractivity contribution >= 4 is 29.4 Å². The Labute approximate surface area is 83.8 Å². The summed E-state index contributed by atoms with van der Waals surface area (Å²) in [5, 5.41) is 8.26. The predicted octanol–water partition coefficient (Wildman–Crippen LogP) is -0.171. The normalized spacial score (nSPS) is 26.1. The summed E-state index contributed by atoms with van der Waals surface area (Å²) in [5.74, 6) is -1.86. The molecule has 0 unspecified atom stereocenters. The molecule has 1 N–H and O–H groups in total. The zero-order valence-electron chi connectivity index (χ0n) is 7.31. The van der Waals surface area contributed by atoms with Crippen LogP contribution in [0.25, 0.3) is 0 Å². The Morgan fingerprint density at radius 2 is 2.21 bits per heavy atom. The van der Waals surface area contributed by atoms with Gasteiger partial charge in [-0.2, -0.15) is 0 Å². The van der Waals surface area contributed by atoms with Gasteiger partial charge in [-0.25, -0.2) is 4.79 Å². The van der Waals surface area contributed by atoms with E-state index in [-0.39, 0.29) is 5.70 Å². The van der Waals surface area contributed by atoms with E-state index in [2.05, 4.69) is 0 Å². The summed E-state index contributed by atoms with van der Waals surface area (Å²) in [6.07, 6.45) is 0. The number of Topliss-reactive ketones (excluding diaryl/α,β-unsaturated/α-hetero) is 1. The van der Waals surface area contributed by atoms with E-state index in [1.165, 1.54) is 11.8 Å². The van der Waals surface area contributed by atoms with Crippen molar-refractivity contribution in [2.45, 2.75) is 12.3 Å². The topological polar surface area (TPSA) is 74.7 Å². The first-order valence-corrected chi connectivity index (χ1v) is 5.01. The molecule has 1 atom stereocenters. The van der Waals surface area contributed by atoms with Crippen LogP contribution in [0.5, 0.6) is 0 Å². The number of carboxylic acids is 1. The monoisotopic (exact) mass is 213 g/mol. The van der Waals surface area contributed by atoms with Crippen molar-refractivity contribution in [3.8, 4) is 0 Å². The zero-order chi connectivity index (χ0) is 10.5. The highest BCUT2D eigenvalue weighted by Gasteiger charge is 2.52. The molecule has 2 aliphatic rings. The van der Waals surface area contributed by atoms with Crippen molar-refractivity contribution in [3.05, 3.63) is 11.3 Å². The smallest absolute Gasteiger partial charge is 0.352 e. The van der Waals surface area contributed by atoms with Crippen molar-refractivity contribution in [2.24, 2.45) is 0 Å². The molecule has 0 bridgehead atoms. The number of aliphatic carboxylic acids is 1. The molecule has 0 aliphatic carbocycles. The Hall–Kier alpha value is -1.30. The minimum atomic E-state index is -1.14. The second-order valence-electron chi connectivity index (χ2n) is 3.14. The number of nitrogens with zero attached hydrogens (tertiary/aromatic N) is 1. The summed E-state index contributed by atoms with van der Waals surface area (Å²) in [6, 6.07) is 0. The van der Waals surface area contributed by atoms with Crippen LogP contribution in [0.4, 0.5) is 0 Å². The van der Waals surface area contributed by atoms with Crippen LogP contribution in [-0.2, 0) is 14.4 Å². The third-order valence-corrected chi connectivity index (χ3v) is 3.53. The minimum absolute atomic E-state index is 0.0293. The van der Waals surface area contributed by atoms with E-state index < -0.39 is 23.0 Å². The molecule has 2 aliphatic heterocycles. The Balaban J connectivity index is 2.41. The lowest BCUT2D eigenvalue weighted by Gasteiger charge is -2.41. The molecule has 1 saturated heterocycles. The molecule has 0 aromatic heterocycles. The molecular formula is C8H7NO4S. The van der Waals surface area contributed by atoms with E-state index in [1.54, 1.807) is 6.92 Å². The number of ketones is 1. The number of hydrogen-bond acceptors (Lipinski definition) is 4. The third kappa shape index (κ3) is 1.00. The largest absolute Gasteiger partial charge is 0.477 e. The Bertz CT molecular complexity index is 387. The van der Waals surface area contributed by atoms with Gasteiger partial charge in [0.1, 0.15) is 5.70 Å². The standard InChI is InChI=1S/C8H7NO4S/c1-3-2-14-7-5(10)6(11)9(7)4(3)8(12)13/h7H,2H2,1H3,(H,12,13)/t7-/m0/s1. The summed E-state index contributed by atoms with van der Waals surface area (Å²) in [6.45, 7) is 1.66. The number of amides is 1. The minimum Gasteiger partial charge on any atom is -0.477 e. The number of rotatable bonds is 1. The van der Waals surface area contributed by atoms with Crippen LogP contribution in [0.2, 0.25) is 0 Å². The molecule has 2 rings (SSSR count). The number of hydrogen-bond donors (Lipinski definition) is 1. The molecule has 1 amide bonds. The zero-order valence-corrected chi connectivity index (χ0v) is 8.13. The van der Waals surface area contributed by atoms with Gasteiger partial charge in [-0.05, 0) is 12.5 Å². The van der Waals surface area contributed by atoms with Crippen LogP contribution < -0.4 is 0 Å². The van der Waals surface area contributed by atoms with Crippen LogP contribution in [-0.4, -0.2) is 38.8 Å². The van der Waals surface area contributed by atoms with Crippen molar-refractivity contribution in [2.75, 3.05) is 5.75 Å². The van der Waals surface area contributed by atoms with Crippen LogP contribution in [0.15, 0.2) is 11.3 Å². The van der Waals surface area contributed by atoms with Crippen LogP contribution in [0.3, 0.4) is 0 Å². The fourth-order valence-electron chi connectivity index (χ4n) is 1.51. The molecule has 0 spiro atoms. The molecular weight excluding hydrogens is 206 g/mol. The van der Waals surface area contributed by atoms with Gasteiger partial charge in [0.25, 0.3) is 11.7 Å². The fourth-order valence-corrected chi connectivity index (χ4v) is 2.66. The molecule has 0 saturated carbocycles. The lowest BCUT2D eigenvalue weighted by molar-refractivity contribution is -0.156. The first kappa shape index (κ1) is 9.26. The molecule has 5 nitrogen and oxygen atoms in total. The van der Waals surface area contributed by atoms with E-state index in [0.717, 1.165) is 4.90 Å². The van der Waals surface area contributed by atoms with Crippen LogP contribution >= 0.6 is 11.8 Å². The van der Waals surface area contributed by atoms with Crippen molar-refractivity contribution < 1.29 is 19.5 Å². The number of carbonyl (C=O) groups is 3. The van der Waals surface area contributed by atoms with Crippen LogP contribution in [0.1, 0.15) is 6.92 Å². The Morgan fingerprint density at radius 1 is 1.57 bits per heavy atom. The van der Waals surface area contributed by atoms with Gasteiger partial charge >= 0.3 is 5.97 Å². The van der Waals surface area contributed by atoms with Crippen molar-refractivity contribution in [1.82, 2.24) is 4.90 Å². The average Bonchev–Trinajstić information content (AvgIpc) is 2.15. The van der Waals surface area contributed by atoms with Gasteiger partial charge < -0.3 is 5.11 Å².